The Morgan fingerprint density at radius 3 is 2.57 bits per heavy atom. The van der Waals surface area contributed by atoms with Gasteiger partial charge in [0.15, 0.2) is 0 Å². The van der Waals surface area contributed by atoms with Crippen molar-refractivity contribution in [3.8, 4) is 0 Å². The predicted molar refractivity (Wildman–Crippen MR) is 85.2 cm³/mol. The van der Waals surface area contributed by atoms with Gasteiger partial charge >= 0.3 is 0 Å². The number of nitrogens with zero attached hydrogens (tertiary/aromatic N) is 1. The van der Waals surface area contributed by atoms with E-state index in [9.17, 15) is 0 Å². The molecule has 1 aliphatic rings. The average Bonchev–Trinajstić information content (AvgIpc) is 3.06. The first-order valence-electron chi connectivity index (χ1n) is 7.92. The van der Waals surface area contributed by atoms with Crippen molar-refractivity contribution >= 4 is 0 Å². The highest BCUT2D eigenvalue weighted by Gasteiger charge is 2.18. The Labute approximate surface area is 127 Å². The lowest BCUT2D eigenvalue weighted by Gasteiger charge is -2.32. The summed E-state index contributed by atoms with van der Waals surface area (Å²) < 4.78 is 5.36. The van der Waals surface area contributed by atoms with Gasteiger partial charge in [0.2, 0.25) is 0 Å². The number of benzene rings is 1. The molecular formula is C18H24N2O. The van der Waals surface area contributed by atoms with E-state index in [1.807, 2.05) is 12.1 Å². The van der Waals surface area contributed by atoms with Crippen LogP contribution in [0.2, 0.25) is 0 Å². The monoisotopic (exact) mass is 284 g/mol. The Morgan fingerprint density at radius 1 is 1.05 bits per heavy atom. The molecule has 2 heterocycles. The molecule has 1 N–H and O–H groups in total. The van der Waals surface area contributed by atoms with E-state index in [1.165, 1.54) is 38.0 Å². The maximum absolute atomic E-state index is 5.36. The molecule has 1 fully saturated rings. The molecule has 3 nitrogen and oxygen atoms in total. The van der Waals surface area contributed by atoms with Crippen LogP contribution in [-0.4, -0.2) is 30.6 Å². The molecule has 0 atom stereocenters. The number of furan rings is 1. The molecule has 1 saturated heterocycles. The van der Waals surface area contributed by atoms with E-state index < -0.39 is 0 Å². The van der Waals surface area contributed by atoms with Crippen molar-refractivity contribution < 1.29 is 4.42 Å². The summed E-state index contributed by atoms with van der Waals surface area (Å²) in [5.41, 5.74) is 1.44. The molecule has 1 aromatic carbocycles. The van der Waals surface area contributed by atoms with Crippen LogP contribution in [0.15, 0.2) is 53.1 Å². The summed E-state index contributed by atoms with van der Waals surface area (Å²) in [6.07, 6.45) is 5.36. The minimum absolute atomic E-state index is 0.628. The Kier molecular flexibility index (Phi) is 5.08. The van der Waals surface area contributed by atoms with Crippen molar-refractivity contribution in [3.05, 3.63) is 60.1 Å². The molecule has 1 aliphatic heterocycles. The van der Waals surface area contributed by atoms with E-state index in [0.29, 0.717) is 6.04 Å². The standard InChI is InChI=1S/C18H24N2O/c1-2-5-16(6-3-1)8-11-20-12-9-17(10-13-20)19-15-18-7-4-14-21-18/h1-7,14,17,19H,8-13,15H2. The molecule has 3 rings (SSSR count). The molecule has 0 spiro atoms. The summed E-state index contributed by atoms with van der Waals surface area (Å²) in [5.74, 6) is 1.03. The number of nitrogens with one attached hydrogen (secondary N) is 1. The molecule has 112 valence electrons. The van der Waals surface area contributed by atoms with Crippen molar-refractivity contribution in [2.45, 2.75) is 31.8 Å². The Balaban J connectivity index is 1.35. The van der Waals surface area contributed by atoms with Crippen LogP contribution >= 0.6 is 0 Å². The smallest absolute Gasteiger partial charge is 0.117 e. The molecular weight excluding hydrogens is 260 g/mol. The number of hydrogen-bond donors (Lipinski definition) is 1. The fourth-order valence-electron chi connectivity index (χ4n) is 2.95. The lowest BCUT2D eigenvalue weighted by Crippen LogP contribution is -2.42. The normalized spacial score (nSPS) is 17.1. The largest absolute Gasteiger partial charge is 0.468 e. The van der Waals surface area contributed by atoms with Crippen molar-refractivity contribution in [3.63, 3.8) is 0 Å². The summed E-state index contributed by atoms with van der Waals surface area (Å²) in [6.45, 7) is 4.42. The van der Waals surface area contributed by atoms with Crippen LogP contribution in [-0.2, 0) is 13.0 Å². The van der Waals surface area contributed by atoms with Gasteiger partial charge in [0.05, 0.1) is 12.8 Å². The number of hydrogen-bond acceptors (Lipinski definition) is 3. The average molecular weight is 284 g/mol. The van der Waals surface area contributed by atoms with Crippen LogP contribution in [0.3, 0.4) is 0 Å². The van der Waals surface area contributed by atoms with Crippen molar-refractivity contribution in [2.75, 3.05) is 19.6 Å². The Bertz CT molecular complexity index is 501. The fourth-order valence-corrected chi connectivity index (χ4v) is 2.95. The molecule has 21 heavy (non-hydrogen) atoms. The molecule has 0 saturated carbocycles. The van der Waals surface area contributed by atoms with Crippen LogP contribution in [0.25, 0.3) is 0 Å². The molecule has 2 aromatic rings. The molecule has 0 bridgehead atoms. The quantitative estimate of drug-likeness (QED) is 0.883. The first kappa shape index (κ1) is 14.4. The first-order chi connectivity index (χ1) is 10.4. The zero-order chi connectivity index (χ0) is 14.3. The van der Waals surface area contributed by atoms with Crippen LogP contribution in [0, 0.1) is 0 Å². The molecule has 0 aliphatic carbocycles. The van der Waals surface area contributed by atoms with Crippen LogP contribution in [0.1, 0.15) is 24.2 Å². The molecule has 0 amide bonds. The number of piperidine rings is 1. The van der Waals surface area contributed by atoms with Crippen molar-refractivity contribution in [1.29, 1.82) is 0 Å². The van der Waals surface area contributed by atoms with Gasteiger partial charge in [-0.15, -0.1) is 0 Å². The summed E-state index contributed by atoms with van der Waals surface area (Å²) in [7, 11) is 0. The maximum Gasteiger partial charge on any atom is 0.117 e. The van der Waals surface area contributed by atoms with E-state index in [1.54, 1.807) is 6.26 Å². The molecule has 0 unspecified atom stereocenters. The van der Waals surface area contributed by atoms with Crippen molar-refractivity contribution in [2.24, 2.45) is 0 Å². The maximum atomic E-state index is 5.36. The zero-order valence-electron chi connectivity index (χ0n) is 12.5. The highest BCUT2D eigenvalue weighted by atomic mass is 16.3. The van der Waals surface area contributed by atoms with E-state index in [2.05, 4.69) is 40.5 Å². The van der Waals surface area contributed by atoms with Gasteiger partial charge in [-0.05, 0) is 50.0 Å². The summed E-state index contributed by atoms with van der Waals surface area (Å²) in [4.78, 5) is 2.58. The summed E-state index contributed by atoms with van der Waals surface area (Å²) in [6, 6.07) is 15.4. The lowest BCUT2D eigenvalue weighted by molar-refractivity contribution is 0.197. The minimum Gasteiger partial charge on any atom is -0.468 e. The highest BCUT2D eigenvalue weighted by Crippen LogP contribution is 2.12. The van der Waals surface area contributed by atoms with Gasteiger partial charge in [-0.3, -0.25) is 0 Å². The molecule has 0 radical (unpaired) electrons. The van der Waals surface area contributed by atoms with E-state index in [4.69, 9.17) is 4.42 Å². The SMILES string of the molecule is c1ccc(CCN2CCC(NCc3ccco3)CC2)cc1. The van der Waals surface area contributed by atoms with E-state index >= 15 is 0 Å². The topological polar surface area (TPSA) is 28.4 Å². The molecule has 3 heteroatoms. The Morgan fingerprint density at radius 2 is 1.86 bits per heavy atom. The van der Waals surface area contributed by atoms with Gasteiger partial charge < -0.3 is 14.6 Å². The lowest BCUT2D eigenvalue weighted by atomic mass is 10.0. The summed E-state index contributed by atoms with van der Waals surface area (Å²) >= 11 is 0. The third-order valence-corrected chi connectivity index (χ3v) is 4.29. The van der Waals surface area contributed by atoms with Crippen LogP contribution in [0.4, 0.5) is 0 Å². The van der Waals surface area contributed by atoms with Gasteiger partial charge in [-0.2, -0.15) is 0 Å². The van der Waals surface area contributed by atoms with Gasteiger partial charge in [-0.1, -0.05) is 30.3 Å². The highest BCUT2D eigenvalue weighted by molar-refractivity contribution is 5.14. The third-order valence-electron chi connectivity index (χ3n) is 4.29. The Hall–Kier alpha value is -1.58. The van der Waals surface area contributed by atoms with Crippen LogP contribution < -0.4 is 5.32 Å². The zero-order valence-corrected chi connectivity index (χ0v) is 12.5. The fraction of sp³-hybridized carbons (Fsp3) is 0.444. The number of rotatable bonds is 6. The first-order valence-corrected chi connectivity index (χ1v) is 7.92. The second-order valence-electron chi connectivity index (χ2n) is 5.81. The second kappa shape index (κ2) is 7.43. The van der Waals surface area contributed by atoms with Gasteiger partial charge in [0.25, 0.3) is 0 Å². The van der Waals surface area contributed by atoms with Gasteiger partial charge in [-0.25, -0.2) is 0 Å². The van der Waals surface area contributed by atoms with Gasteiger partial charge in [0.1, 0.15) is 5.76 Å². The third kappa shape index (κ3) is 4.45. The van der Waals surface area contributed by atoms with Crippen LogP contribution in [0.5, 0.6) is 0 Å². The predicted octanol–water partition coefficient (Wildman–Crippen LogP) is 3.08. The molecule has 1 aromatic heterocycles. The second-order valence-corrected chi connectivity index (χ2v) is 5.81. The number of likely N-dealkylation sites (tertiary alicyclic amines) is 1. The summed E-state index contributed by atoms with van der Waals surface area (Å²) in [5, 5.41) is 3.60. The van der Waals surface area contributed by atoms with Gasteiger partial charge in [0, 0.05) is 12.6 Å². The van der Waals surface area contributed by atoms with E-state index in [-0.39, 0.29) is 0 Å². The van der Waals surface area contributed by atoms with E-state index in [0.717, 1.165) is 18.7 Å². The minimum atomic E-state index is 0.628. The van der Waals surface area contributed by atoms with Crippen molar-refractivity contribution in [1.82, 2.24) is 10.2 Å².